The van der Waals surface area contributed by atoms with Crippen molar-refractivity contribution in [1.82, 2.24) is 9.78 Å². The van der Waals surface area contributed by atoms with Crippen LogP contribution in [0.1, 0.15) is 33.7 Å². The molecule has 6 heteroatoms. The largest absolute Gasteiger partial charge is 0.465 e. The number of hydrogen-bond acceptors (Lipinski definition) is 5. The van der Waals surface area contributed by atoms with Crippen molar-refractivity contribution in [3.63, 3.8) is 0 Å². The lowest BCUT2D eigenvalue weighted by molar-refractivity contribution is -0.134. The Labute approximate surface area is 163 Å². The molecular weight excluding hydrogens is 356 g/mol. The Balaban J connectivity index is 1.63. The molecule has 0 fully saturated rings. The summed E-state index contributed by atoms with van der Waals surface area (Å²) < 4.78 is 11.9. The Morgan fingerprint density at radius 1 is 1.00 bits per heavy atom. The van der Waals surface area contributed by atoms with E-state index in [2.05, 4.69) is 9.84 Å². The van der Waals surface area contributed by atoms with Crippen molar-refractivity contribution in [2.45, 2.75) is 26.7 Å². The summed E-state index contributed by atoms with van der Waals surface area (Å²) in [5.41, 5.74) is 4.35. The van der Waals surface area contributed by atoms with Gasteiger partial charge in [-0.1, -0.05) is 18.2 Å². The van der Waals surface area contributed by atoms with E-state index in [9.17, 15) is 9.59 Å². The Morgan fingerprint density at radius 2 is 1.68 bits per heavy atom. The van der Waals surface area contributed by atoms with Gasteiger partial charge >= 0.3 is 11.9 Å². The van der Waals surface area contributed by atoms with Crippen LogP contribution in [0, 0.1) is 13.8 Å². The van der Waals surface area contributed by atoms with Crippen molar-refractivity contribution in [2.75, 3.05) is 7.11 Å². The molecule has 0 aliphatic heterocycles. The summed E-state index contributed by atoms with van der Waals surface area (Å²) in [6.45, 7) is 3.94. The lowest BCUT2D eigenvalue weighted by atomic mass is 10.1. The van der Waals surface area contributed by atoms with E-state index in [1.807, 2.05) is 48.9 Å². The van der Waals surface area contributed by atoms with Gasteiger partial charge in [-0.2, -0.15) is 5.10 Å². The number of methoxy groups -OCH3 is 1. The first kappa shape index (κ1) is 19.4. The fourth-order valence-electron chi connectivity index (χ4n) is 3.04. The molecule has 0 spiro atoms. The number of carbonyl (C=O) groups is 2. The van der Waals surface area contributed by atoms with E-state index in [4.69, 9.17) is 4.74 Å². The highest BCUT2D eigenvalue weighted by molar-refractivity contribution is 5.89. The van der Waals surface area contributed by atoms with Gasteiger partial charge < -0.3 is 9.47 Å². The van der Waals surface area contributed by atoms with Crippen LogP contribution in [0.3, 0.4) is 0 Å². The van der Waals surface area contributed by atoms with Crippen LogP contribution in [-0.4, -0.2) is 28.8 Å². The van der Waals surface area contributed by atoms with Crippen LogP contribution in [0.5, 0.6) is 5.75 Å². The van der Waals surface area contributed by atoms with Gasteiger partial charge in [0.25, 0.3) is 0 Å². The summed E-state index contributed by atoms with van der Waals surface area (Å²) in [6.07, 6.45) is 0.782. The molecule has 3 aromatic rings. The minimum absolute atomic E-state index is 0.237. The van der Waals surface area contributed by atoms with E-state index in [1.54, 1.807) is 24.3 Å². The van der Waals surface area contributed by atoms with Gasteiger partial charge in [-0.05, 0) is 62.2 Å². The van der Waals surface area contributed by atoms with Gasteiger partial charge in [-0.3, -0.25) is 4.79 Å². The average molecular weight is 378 g/mol. The van der Waals surface area contributed by atoms with Gasteiger partial charge in [0.05, 0.1) is 30.5 Å². The van der Waals surface area contributed by atoms with E-state index in [1.165, 1.54) is 7.11 Å². The predicted octanol–water partition coefficient (Wildman–Crippen LogP) is 3.81. The minimum atomic E-state index is -0.431. The third-order valence-electron chi connectivity index (χ3n) is 4.53. The average Bonchev–Trinajstić information content (AvgIpc) is 3.00. The number of aryl methyl sites for hydroxylation is 1. The lowest BCUT2D eigenvalue weighted by Crippen LogP contribution is -2.10. The maximum Gasteiger partial charge on any atom is 0.337 e. The van der Waals surface area contributed by atoms with E-state index in [0.29, 0.717) is 17.7 Å². The molecule has 1 aromatic heterocycles. The van der Waals surface area contributed by atoms with Crippen LogP contribution in [0.15, 0.2) is 54.6 Å². The summed E-state index contributed by atoms with van der Waals surface area (Å²) in [5, 5.41) is 4.60. The number of benzene rings is 2. The first-order chi connectivity index (χ1) is 13.5. The molecule has 0 saturated heterocycles. The quantitative estimate of drug-likeness (QED) is 0.482. The molecule has 3 rings (SSSR count). The molecule has 0 aliphatic carbocycles. The highest BCUT2D eigenvalue weighted by atomic mass is 16.5. The molecule has 6 nitrogen and oxygen atoms in total. The summed E-state index contributed by atoms with van der Waals surface area (Å²) >= 11 is 0. The van der Waals surface area contributed by atoms with E-state index >= 15 is 0 Å². The molecule has 0 radical (unpaired) electrons. The fourth-order valence-corrected chi connectivity index (χ4v) is 3.04. The summed E-state index contributed by atoms with van der Waals surface area (Å²) in [6, 6.07) is 16.2. The number of esters is 2. The van der Waals surface area contributed by atoms with Crippen LogP contribution in [-0.2, 0) is 16.0 Å². The van der Waals surface area contributed by atoms with Crippen LogP contribution < -0.4 is 4.74 Å². The second-order valence-corrected chi connectivity index (χ2v) is 6.39. The first-order valence-corrected chi connectivity index (χ1v) is 8.99. The van der Waals surface area contributed by atoms with Crippen LogP contribution in [0.2, 0.25) is 0 Å². The Kier molecular flexibility index (Phi) is 5.89. The van der Waals surface area contributed by atoms with Gasteiger partial charge in [0.2, 0.25) is 0 Å². The van der Waals surface area contributed by atoms with Gasteiger partial charge in [0.1, 0.15) is 5.75 Å². The van der Waals surface area contributed by atoms with Crippen molar-refractivity contribution in [2.24, 2.45) is 0 Å². The SMILES string of the molecule is COC(=O)c1ccc(OC(=O)CCc2c(C)nn(-c3ccccc3)c2C)cc1. The zero-order valence-electron chi connectivity index (χ0n) is 16.1. The highest BCUT2D eigenvalue weighted by Crippen LogP contribution is 2.20. The standard InChI is InChI=1S/C22H22N2O4/c1-15-20(16(2)24(23-15)18-7-5-4-6-8-18)13-14-21(25)28-19-11-9-17(10-12-19)22(26)27-3/h4-12H,13-14H2,1-3H3. The van der Waals surface area contributed by atoms with Crippen LogP contribution >= 0.6 is 0 Å². The molecule has 0 atom stereocenters. The molecular formula is C22H22N2O4. The van der Waals surface area contributed by atoms with E-state index in [-0.39, 0.29) is 12.4 Å². The van der Waals surface area contributed by atoms with Gasteiger partial charge in [0.15, 0.2) is 0 Å². The summed E-state index contributed by atoms with van der Waals surface area (Å²) in [5.74, 6) is -0.373. The van der Waals surface area contributed by atoms with Crippen molar-refractivity contribution in [1.29, 1.82) is 0 Å². The smallest absolute Gasteiger partial charge is 0.337 e. The molecule has 0 aliphatic rings. The minimum Gasteiger partial charge on any atom is -0.465 e. The molecule has 1 heterocycles. The molecule has 0 unspecified atom stereocenters. The zero-order valence-corrected chi connectivity index (χ0v) is 16.1. The Bertz CT molecular complexity index is 976. The zero-order chi connectivity index (χ0) is 20.1. The lowest BCUT2D eigenvalue weighted by Gasteiger charge is -2.07. The van der Waals surface area contributed by atoms with Gasteiger partial charge in [0, 0.05) is 5.69 Å². The Morgan fingerprint density at radius 3 is 2.32 bits per heavy atom. The maximum atomic E-state index is 12.2. The van der Waals surface area contributed by atoms with E-state index < -0.39 is 5.97 Å². The summed E-state index contributed by atoms with van der Waals surface area (Å²) in [7, 11) is 1.32. The first-order valence-electron chi connectivity index (χ1n) is 8.99. The number of ether oxygens (including phenoxy) is 2. The van der Waals surface area contributed by atoms with Crippen LogP contribution in [0.4, 0.5) is 0 Å². The van der Waals surface area contributed by atoms with Crippen molar-refractivity contribution >= 4 is 11.9 Å². The van der Waals surface area contributed by atoms with Gasteiger partial charge in [-0.15, -0.1) is 0 Å². The third kappa shape index (κ3) is 4.28. The number of para-hydroxylation sites is 1. The summed E-state index contributed by atoms with van der Waals surface area (Å²) in [4.78, 5) is 23.7. The number of aromatic nitrogens is 2. The second kappa shape index (κ2) is 8.52. The molecule has 2 aromatic carbocycles. The topological polar surface area (TPSA) is 70.4 Å². The Hall–Kier alpha value is -3.41. The van der Waals surface area contributed by atoms with Crippen molar-refractivity contribution in [3.05, 3.63) is 77.1 Å². The highest BCUT2D eigenvalue weighted by Gasteiger charge is 2.15. The van der Waals surface area contributed by atoms with Crippen molar-refractivity contribution < 1.29 is 19.1 Å². The number of rotatable bonds is 6. The normalized spacial score (nSPS) is 10.5. The third-order valence-corrected chi connectivity index (χ3v) is 4.53. The van der Waals surface area contributed by atoms with E-state index in [0.717, 1.165) is 22.6 Å². The second-order valence-electron chi connectivity index (χ2n) is 6.39. The van der Waals surface area contributed by atoms with Crippen molar-refractivity contribution in [3.8, 4) is 11.4 Å². The maximum absolute atomic E-state index is 12.2. The molecule has 144 valence electrons. The van der Waals surface area contributed by atoms with Gasteiger partial charge in [-0.25, -0.2) is 9.48 Å². The number of nitrogens with zero attached hydrogens (tertiary/aromatic N) is 2. The van der Waals surface area contributed by atoms with Crippen LogP contribution in [0.25, 0.3) is 5.69 Å². The molecule has 0 saturated carbocycles. The molecule has 0 N–H and O–H groups in total. The predicted molar refractivity (Wildman–Crippen MR) is 105 cm³/mol. The molecule has 28 heavy (non-hydrogen) atoms. The molecule has 0 bridgehead atoms. The molecule has 0 amide bonds. The fraction of sp³-hybridized carbons (Fsp3) is 0.227. The number of hydrogen-bond donors (Lipinski definition) is 0. The number of carbonyl (C=O) groups excluding carboxylic acids is 2. The monoisotopic (exact) mass is 378 g/mol.